The van der Waals surface area contributed by atoms with Crippen LogP contribution in [0, 0.1) is 0 Å². The number of nitrogens with zero attached hydrogens (tertiary/aromatic N) is 4. The van der Waals surface area contributed by atoms with E-state index in [1.165, 1.54) is 5.56 Å². The smallest absolute Gasteiger partial charge is 0.220 e. The summed E-state index contributed by atoms with van der Waals surface area (Å²) < 4.78 is 1.15. The second-order valence-corrected chi connectivity index (χ2v) is 6.03. The number of aromatic nitrogens is 4. The lowest BCUT2D eigenvalue weighted by molar-refractivity contribution is 0.905. The zero-order valence-corrected chi connectivity index (χ0v) is 13.9. The van der Waals surface area contributed by atoms with Gasteiger partial charge in [-0.3, -0.25) is 0 Å². The highest BCUT2D eigenvalue weighted by Gasteiger charge is 1.97. The molecule has 0 fully saturated rings. The summed E-state index contributed by atoms with van der Waals surface area (Å²) >= 11 is 1.66. The molecular weight excluding hydrogens is 318 g/mol. The van der Waals surface area contributed by atoms with Gasteiger partial charge in [0, 0.05) is 18.1 Å². The van der Waals surface area contributed by atoms with Crippen molar-refractivity contribution in [1.82, 2.24) is 19.9 Å². The molecule has 0 unspecified atom stereocenters. The van der Waals surface area contributed by atoms with E-state index in [-0.39, 0.29) is 0 Å². The van der Waals surface area contributed by atoms with Crippen LogP contribution in [-0.4, -0.2) is 19.9 Å². The molecule has 6 heteroatoms. The van der Waals surface area contributed by atoms with Gasteiger partial charge in [0.1, 0.15) is 6.33 Å². The zero-order valence-electron chi connectivity index (χ0n) is 13.0. The molecule has 0 atom stereocenters. The van der Waals surface area contributed by atoms with Crippen molar-refractivity contribution in [3.05, 3.63) is 77.8 Å². The van der Waals surface area contributed by atoms with Gasteiger partial charge in [-0.05, 0) is 35.9 Å². The van der Waals surface area contributed by atoms with Gasteiger partial charge in [0.2, 0.25) is 5.95 Å². The Morgan fingerprint density at radius 2 is 1.83 bits per heavy atom. The van der Waals surface area contributed by atoms with Crippen LogP contribution in [0.2, 0.25) is 0 Å². The standard InChI is InChI=1S/C12H13N3.C6H4N2S/c13-12-14-9-8-11(15-12)7-6-10-4-2-1-3-5-10;1-2-9-6-3-7-4-8-5(1)6/h1-5,8-9H,6-7H2,(H2,13,14,15);1-4H. The van der Waals surface area contributed by atoms with Crippen molar-refractivity contribution < 1.29 is 0 Å². The summed E-state index contributed by atoms with van der Waals surface area (Å²) in [6.07, 6.45) is 6.97. The molecule has 0 aliphatic rings. The maximum atomic E-state index is 5.51. The molecule has 4 rings (SSSR count). The number of aryl methyl sites for hydroxylation is 2. The maximum absolute atomic E-state index is 5.51. The number of rotatable bonds is 3. The Kier molecular flexibility index (Phi) is 5.42. The minimum Gasteiger partial charge on any atom is -0.368 e. The fourth-order valence-electron chi connectivity index (χ4n) is 2.18. The summed E-state index contributed by atoms with van der Waals surface area (Å²) in [6.45, 7) is 0. The number of thiophene rings is 1. The Hall–Kier alpha value is -2.86. The number of fused-ring (bicyclic) bond motifs is 1. The van der Waals surface area contributed by atoms with Gasteiger partial charge in [-0.15, -0.1) is 11.3 Å². The lowest BCUT2D eigenvalue weighted by Gasteiger charge is -2.01. The largest absolute Gasteiger partial charge is 0.368 e. The predicted molar refractivity (Wildman–Crippen MR) is 97.7 cm³/mol. The third-order valence-electron chi connectivity index (χ3n) is 3.37. The van der Waals surface area contributed by atoms with E-state index < -0.39 is 0 Å². The lowest BCUT2D eigenvalue weighted by Crippen LogP contribution is -1.99. The molecule has 120 valence electrons. The van der Waals surface area contributed by atoms with E-state index in [0.29, 0.717) is 5.95 Å². The van der Waals surface area contributed by atoms with Crippen LogP contribution >= 0.6 is 11.3 Å². The summed E-state index contributed by atoms with van der Waals surface area (Å²) in [4.78, 5) is 15.9. The number of benzene rings is 1. The van der Waals surface area contributed by atoms with E-state index in [4.69, 9.17) is 5.73 Å². The molecule has 1 aromatic carbocycles. The number of hydrogen-bond acceptors (Lipinski definition) is 6. The van der Waals surface area contributed by atoms with Gasteiger partial charge in [0.05, 0.1) is 10.2 Å². The summed E-state index contributed by atoms with van der Waals surface area (Å²) in [5.74, 6) is 0.348. The van der Waals surface area contributed by atoms with Crippen LogP contribution in [0.1, 0.15) is 11.3 Å². The Morgan fingerprint density at radius 1 is 0.958 bits per heavy atom. The first-order valence-electron chi connectivity index (χ1n) is 7.56. The third kappa shape index (κ3) is 4.57. The van der Waals surface area contributed by atoms with Crippen LogP contribution < -0.4 is 5.73 Å². The predicted octanol–water partition coefficient (Wildman–Crippen LogP) is 3.54. The fraction of sp³-hybridized carbons (Fsp3) is 0.111. The normalized spacial score (nSPS) is 10.2. The molecule has 4 aromatic rings. The van der Waals surface area contributed by atoms with E-state index in [9.17, 15) is 0 Å². The van der Waals surface area contributed by atoms with Crippen molar-refractivity contribution in [2.45, 2.75) is 12.8 Å². The second-order valence-electron chi connectivity index (χ2n) is 5.08. The number of nitrogen functional groups attached to an aromatic ring is 1. The molecule has 24 heavy (non-hydrogen) atoms. The number of anilines is 1. The average molecular weight is 335 g/mol. The van der Waals surface area contributed by atoms with Crippen molar-refractivity contribution in [3.8, 4) is 0 Å². The summed E-state index contributed by atoms with van der Waals surface area (Å²) in [7, 11) is 0. The van der Waals surface area contributed by atoms with Crippen molar-refractivity contribution in [2.24, 2.45) is 0 Å². The molecule has 0 aliphatic carbocycles. The molecule has 0 amide bonds. The molecule has 3 heterocycles. The van der Waals surface area contributed by atoms with Crippen LogP contribution in [0.5, 0.6) is 0 Å². The first kappa shape index (κ1) is 16.0. The lowest BCUT2D eigenvalue weighted by atomic mass is 10.1. The Labute approximate surface area is 144 Å². The molecular formula is C18H17N5S. The quantitative estimate of drug-likeness (QED) is 0.619. The van der Waals surface area contributed by atoms with E-state index >= 15 is 0 Å². The molecule has 0 saturated heterocycles. The average Bonchev–Trinajstić information content (AvgIpc) is 3.10. The topological polar surface area (TPSA) is 77.6 Å². The molecule has 0 bridgehead atoms. The first-order valence-corrected chi connectivity index (χ1v) is 8.44. The summed E-state index contributed by atoms with van der Waals surface area (Å²) in [5.41, 5.74) is 8.85. The molecule has 0 spiro atoms. The zero-order chi connectivity index (χ0) is 16.6. The van der Waals surface area contributed by atoms with Gasteiger partial charge in [-0.2, -0.15) is 0 Å². The van der Waals surface area contributed by atoms with Gasteiger partial charge >= 0.3 is 0 Å². The number of hydrogen-bond donors (Lipinski definition) is 1. The molecule has 2 N–H and O–H groups in total. The molecule has 3 aromatic heterocycles. The van der Waals surface area contributed by atoms with Gasteiger partial charge in [0.15, 0.2) is 0 Å². The minimum atomic E-state index is 0.348. The minimum absolute atomic E-state index is 0.348. The van der Waals surface area contributed by atoms with Crippen LogP contribution in [0.3, 0.4) is 0 Å². The summed E-state index contributed by atoms with van der Waals surface area (Å²) in [6, 6.07) is 14.2. The molecule has 0 saturated carbocycles. The second kappa shape index (κ2) is 8.12. The van der Waals surface area contributed by atoms with Gasteiger partial charge < -0.3 is 5.73 Å². The molecule has 0 radical (unpaired) electrons. The van der Waals surface area contributed by atoms with E-state index in [1.807, 2.05) is 41.9 Å². The van der Waals surface area contributed by atoms with E-state index in [0.717, 1.165) is 28.8 Å². The van der Waals surface area contributed by atoms with Crippen LogP contribution in [0.4, 0.5) is 5.95 Å². The van der Waals surface area contributed by atoms with Gasteiger partial charge in [-0.25, -0.2) is 19.9 Å². The maximum Gasteiger partial charge on any atom is 0.220 e. The number of nitrogens with two attached hydrogens (primary N) is 1. The fourth-order valence-corrected chi connectivity index (χ4v) is 2.89. The van der Waals surface area contributed by atoms with Crippen molar-refractivity contribution in [2.75, 3.05) is 5.73 Å². The molecule has 0 aliphatic heterocycles. The summed E-state index contributed by atoms with van der Waals surface area (Å²) in [5, 5.41) is 2.01. The van der Waals surface area contributed by atoms with E-state index in [2.05, 4.69) is 32.1 Å². The highest BCUT2D eigenvalue weighted by atomic mass is 32.1. The third-order valence-corrected chi connectivity index (χ3v) is 4.21. The SMILES string of the molecule is Nc1nccc(CCc2ccccc2)n1.c1ncc2sccc2n1. The van der Waals surface area contributed by atoms with Crippen LogP contribution in [0.25, 0.3) is 10.2 Å². The first-order chi connectivity index (χ1) is 11.8. The Morgan fingerprint density at radius 3 is 2.62 bits per heavy atom. The molecule has 5 nitrogen and oxygen atoms in total. The van der Waals surface area contributed by atoms with Crippen LogP contribution in [0.15, 0.2) is 66.6 Å². The van der Waals surface area contributed by atoms with Crippen LogP contribution in [-0.2, 0) is 12.8 Å². The van der Waals surface area contributed by atoms with E-state index in [1.54, 1.807) is 23.9 Å². The highest BCUT2D eigenvalue weighted by Crippen LogP contribution is 2.15. The highest BCUT2D eigenvalue weighted by molar-refractivity contribution is 7.17. The van der Waals surface area contributed by atoms with Gasteiger partial charge in [-0.1, -0.05) is 30.3 Å². The van der Waals surface area contributed by atoms with Gasteiger partial charge in [0.25, 0.3) is 0 Å². The van der Waals surface area contributed by atoms with Crippen molar-refractivity contribution >= 4 is 27.5 Å². The Bertz CT molecular complexity index is 862. The van der Waals surface area contributed by atoms with Crippen molar-refractivity contribution in [1.29, 1.82) is 0 Å². The van der Waals surface area contributed by atoms with Crippen molar-refractivity contribution in [3.63, 3.8) is 0 Å². The monoisotopic (exact) mass is 335 g/mol. The Balaban J connectivity index is 0.000000159.